The second kappa shape index (κ2) is 5.97. The minimum Gasteiger partial charge on any atom is -0.407 e. The third-order valence-electron chi connectivity index (χ3n) is 5.56. The van der Waals surface area contributed by atoms with E-state index in [4.69, 9.17) is 4.43 Å². The Morgan fingerprint density at radius 3 is 2.53 bits per heavy atom. The third-order valence-corrected chi connectivity index (χ3v) is 10.2. The van der Waals surface area contributed by atoms with Crippen molar-refractivity contribution in [2.45, 2.75) is 77.1 Å². The zero-order valence-electron chi connectivity index (χ0n) is 13.2. The van der Waals surface area contributed by atoms with Gasteiger partial charge < -0.3 is 4.43 Å². The van der Waals surface area contributed by atoms with E-state index < -0.39 is 8.32 Å². The van der Waals surface area contributed by atoms with Gasteiger partial charge in [0.25, 0.3) is 0 Å². The predicted molar refractivity (Wildman–Crippen MR) is 85.9 cm³/mol. The summed E-state index contributed by atoms with van der Waals surface area (Å²) in [6.07, 6.45) is 12.0. The first kappa shape index (κ1) is 15.1. The van der Waals surface area contributed by atoms with E-state index in [-0.39, 0.29) is 5.60 Å². The molecule has 0 N–H and O–H groups in total. The summed E-state index contributed by atoms with van der Waals surface area (Å²) in [5.74, 6) is 0.660. The number of hydrogen-bond donors (Lipinski definition) is 0. The summed E-state index contributed by atoms with van der Waals surface area (Å²) in [5, 5.41) is 0. The molecule has 0 spiro atoms. The maximum atomic E-state index is 7.05. The van der Waals surface area contributed by atoms with Crippen molar-refractivity contribution in [2.24, 2.45) is 5.92 Å². The summed E-state index contributed by atoms with van der Waals surface area (Å²) in [6, 6.07) is 3.77. The van der Waals surface area contributed by atoms with E-state index in [1.807, 2.05) is 0 Å². The van der Waals surface area contributed by atoms with Gasteiger partial charge >= 0.3 is 0 Å². The van der Waals surface area contributed by atoms with Crippen molar-refractivity contribution >= 4 is 8.32 Å². The van der Waals surface area contributed by atoms with Gasteiger partial charge in [-0.1, -0.05) is 45.9 Å². The van der Waals surface area contributed by atoms with Crippen LogP contribution in [-0.4, -0.2) is 13.9 Å². The van der Waals surface area contributed by atoms with E-state index in [0.717, 1.165) is 0 Å². The van der Waals surface area contributed by atoms with Crippen LogP contribution in [0.5, 0.6) is 0 Å². The Morgan fingerprint density at radius 1 is 1.21 bits per heavy atom. The van der Waals surface area contributed by atoms with Gasteiger partial charge in [-0.05, 0) is 55.3 Å². The zero-order chi connectivity index (χ0) is 13.9. The summed E-state index contributed by atoms with van der Waals surface area (Å²) in [5.41, 5.74) is 1.55. The number of rotatable bonds is 5. The summed E-state index contributed by atoms with van der Waals surface area (Å²) >= 11 is 0. The van der Waals surface area contributed by atoms with Crippen molar-refractivity contribution in [1.29, 1.82) is 0 Å². The van der Waals surface area contributed by atoms with Crippen LogP contribution >= 0.6 is 0 Å². The molecule has 0 saturated carbocycles. The molecule has 0 bridgehead atoms. The largest absolute Gasteiger partial charge is 0.407 e. The van der Waals surface area contributed by atoms with Gasteiger partial charge in [-0.15, -0.1) is 0 Å². The van der Waals surface area contributed by atoms with Crippen molar-refractivity contribution in [3.8, 4) is 0 Å². The Labute approximate surface area is 120 Å². The maximum absolute atomic E-state index is 7.05. The molecule has 0 heterocycles. The highest BCUT2D eigenvalue weighted by atomic mass is 28.4. The molecule has 2 rings (SSSR count). The maximum Gasteiger partial charge on any atom is 0.193 e. The van der Waals surface area contributed by atoms with Crippen molar-refractivity contribution in [2.75, 3.05) is 0 Å². The first-order chi connectivity index (χ1) is 9.12. The normalized spacial score (nSPS) is 30.9. The van der Waals surface area contributed by atoms with Crippen LogP contribution in [0.4, 0.5) is 0 Å². The van der Waals surface area contributed by atoms with Gasteiger partial charge in [0.1, 0.15) is 0 Å². The molecule has 1 nitrogen and oxygen atoms in total. The van der Waals surface area contributed by atoms with Gasteiger partial charge in [0, 0.05) is 0 Å². The van der Waals surface area contributed by atoms with E-state index in [1.165, 1.54) is 49.4 Å². The SMILES string of the molecule is CC[Si](CC)(CC)OC12CCC=C1C=CCC[C@@H]2C. The summed E-state index contributed by atoms with van der Waals surface area (Å²) < 4.78 is 7.05. The third kappa shape index (κ3) is 2.62. The molecule has 0 fully saturated rings. The Balaban J connectivity index is 2.33. The molecule has 0 aromatic heterocycles. The van der Waals surface area contributed by atoms with Crippen LogP contribution in [0.25, 0.3) is 0 Å². The molecule has 2 heteroatoms. The highest BCUT2D eigenvalue weighted by Crippen LogP contribution is 2.47. The fourth-order valence-corrected chi connectivity index (χ4v) is 6.98. The van der Waals surface area contributed by atoms with Crippen LogP contribution in [-0.2, 0) is 4.43 Å². The van der Waals surface area contributed by atoms with Crippen LogP contribution in [0.15, 0.2) is 23.8 Å². The number of hydrogen-bond acceptors (Lipinski definition) is 1. The van der Waals surface area contributed by atoms with Crippen LogP contribution < -0.4 is 0 Å². The van der Waals surface area contributed by atoms with E-state index in [9.17, 15) is 0 Å². The summed E-state index contributed by atoms with van der Waals surface area (Å²) in [7, 11) is -1.54. The van der Waals surface area contributed by atoms with Crippen LogP contribution in [0.2, 0.25) is 18.1 Å². The number of allylic oxidation sites excluding steroid dienone is 2. The van der Waals surface area contributed by atoms with E-state index >= 15 is 0 Å². The molecule has 0 aromatic rings. The fraction of sp³-hybridized carbons (Fsp3) is 0.765. The Bertz CT molecular complexity index is 359. The molecule has 2 atom stereocenters. The smallest absolute Gasteiger partial charge is 0.193 e. The van der Waals surface area contributed by atoms with Gasteiger partial charge in [-0.25, -0.2) is 0 Å². The predicted octanol–water partition coefficient (Wildman–Crippen LogP) is 5.45. The van der Waals surface area contributed by atoms with Gasteiger partial charge in [0.05, 0.1) is 5.60 Å². The fourth-order valence-electron chi connectivity index (χ4n) is 3.85. The van der Waals surface area contributed by atoms with Crippen molar-refractivity contribution in [1.82, 2.24) is 0 Å². The Morgan fingerprint density at radius 2 is 1.89 bits per heavy atom. The van der Waals surface area contributed by atoms with Gasteiger partial charge in [0.15, 0.2) is 8.32 Å². The molecular weight excluding hydrogens is 248 g/mol. The zero-order valence-corrected chi connectivity index (χ0v) is 14.2. The monoisotopic (exact) mass is 278 g/mol. The van der Waals surface area contributed by atoms with E-state index in [2.05, 4.69) is 45.9 Å². The molecular formula is C17H30OSi. The lowest BCUT2D eigenvalue weighted by molar-refractivity contribution is 0.0408. The molecule has 19 heavy (non-hydrogen) atoms. The molecule has 0 radical (unpaired) electrons. The highest BCUT2D eigenvalue weighted by Gasteiger charge is 2.47. The lowest BCUT2D eigenvalue weighted by Gasteiger charge is -2.45. The standard InChI is InChI=1S/C17H30OSi/c1-5-19(6-2,7-3)18-17-14-10-13-16(17)12-9-8-11-15(17)4/h9,12-13,15H,5-8,10-11,14H2,1-4H3/t15-,17?/m0/s1. The van der Waals surface area contributed by atoms with Gasteiger partial charge in [-0.2, -0.15) is 0 Å². The second-order valence-electron chi connectivity index (χ2n) is 6.31. The number of fused-ring (bicyclic) bond motifs is 1. The van der Waals surface area contributed by atoms with Gasteiger partial charge in [0.2, 0.25) is 0 Å². The molecule has 2 aliphatic carbocycles. The summed E-state index contributed by atoms with van der Waals surface area (Å²) in [6.45, 7) is 9.43. The lowest BCUT2D eigenvalue weighted by atomic mass is 9.82. The lowest BCUT2D eigenvalue weighted by Crippen LogP contribution is -2.50. The van der Waals surface area contributed by atoms with Gasteiger partial charge in [-0.3, -0.25) is 0 Å². The Hall–Kier alpha value is -0.343. The first-order valence-corrected chi connectivity index (χ1v) is 10.7. The first-order valence-electron chi connectivity index (χ1n) is 8.20. The van der Waals surface area contributed by atoms with Crippen LogP contribution in [0.1, 0.15) is 53.4 Å². The molecule has 2 aliphatic rings. The van der Waals surface area contributed by atoms with E-state index in [0.29, 0.717) is 5.92 Å². The average molecular weight is 279 g/mol. The van der Waals surface area contributed by atoms with E-state index in [1.54, 1.807) is 0 Å². The molecule has 0 aromatic carbocycles. The molecule has 1 unspecified atom stereocenters. The molecule has 108 valence electrons. The quantitative estimate of drug-likeness (QED) is 0.607. The van der Waals surface area contributed by atoms with Crippen molar-refractivity contribution < 1.29 is 4.43 Å². The topological polar surface area (TPSA) is 9.23 Å². The molecule has 0 saturated heterocycles. The summed E-state index contributed by atoms with van der Waals surface area (Å²) in [4.78, 5) is 0. The molecule has 0 amide bonds. The van der Waals surface area contributed by atoms with Crippen molar-refractivity contribution in [3.63, 3.8) is 0 Å². The van der Waals surface area contributed by atoms with Crippen molar-refractivity contribution in [3.05, 3.63) is 23.8 Å². The Kier molecular flexibility index (Phi) is 4.73. The highest BCUT2D eigenvalue weighted by molar-refractivity contribution is 6.73. The minimum atomic E-state index is -1.54. The second-order valence-corrected chi connectivity index (χ2v) is 11.0. The molecule has 0 aliphatic heterocycles. The van der Waals surface area contributed by atoms with Crippen LogP contribution in [0, 0.1) is 5.92 Å². The minimum absolute atomic E-state index is 0.0568. The van der Waals surface area contributed by atoms with Crippen LogP contribution in [0.3, 0.4) is 0 Å². The average Bonchev–Trinajstić information content (AvgIpc) is 2.78.